The van der Waals surface area contributed by atoms with Gasteiger partial charge in [-0.15, -0.1) is 0 Å². The van der Waals surface area contributed by atoms with E-state index in [0.29, 0.717) is 17.7 Å². The number of aromatic nitrogens is 2. The molecule has 0 saturated carbocycles. The third-order valence-electron chi connectivity index (χ3n) is 4.31. The van der Waals surface area contributed by atoms with Gasteiger partial charge in [-0.2, -0.15) is 10.4 Å². The fourth-order valence-electron chi connectivity index (χ4n) is 3.26. The lowest BCUT2D eigenvalue weighted by molar-refractivity contribution is 0.0671. The van der Waals surface area contributed by atoms with Gasteiger partial charge in [0, 0.05) is 24.3 Å². The Morgan fingerprint density at radius 2 is 2.17 bits per heavy atom. The van der Waals surface area contributed by atoms with Crippen molar-refractivity contribution in [2.45, 2.75) is 32.7 Å². The molecule has 1 saturated heterocycles. The van der Waals surface area contributed by atoms with Gasteiger partial charge in [0.25, 0.3) is 5.91 Å². The zero-order valence-electron chi connectivity index (χ0n) is 13.5. The number of hydrogen-bond donors (Lipinski definition) is 0. The Labute approximate surface area is 136 Å². The SMILES string of the molecule is Cc1cc(C)n([C@@H]2CCCN(C(=O)c3cccc(C#N)c3)C2)n1. The number of amides is 1. The number of aryl methyl sites for hydroxylation is 2. The highest BCUT2D eigenvalue weighted by atomic mass is 16.2. The van der Waals surface area contributed by atoms with Gasteiger partial charge in [-0.3, -0.25) is 9.48 Å². The maximum absolute atomic E-state index is 12.7. The standard InChI is InChI=1S/C18H20N4O/c1-13-9-14(2)22(20-13)17-7-4-8-21(12-17)18(23)16-6-3-5-15(10-16)11-19/h3,5-6,9-10,17H,4,7-8,12H2,1-2H3/t17-/m1/s1. The highest BCUT2D eigenvalue weighted by Gasteiger charge is 2.26. The van der Waals surface area contributed by atoms with Crippen LogP contribution in [0.4, 0.5) is 0 Å². The molecule has 1 aliphatic rings. The second-order valence-corrected chi connectivity index (χ2v) is 6.11. The van der Waals surface area contributed by atoms with E-state index < -0.39 is 0 Å². The molecular formula is C18H20N4O. The molecule has 118 valence electrons. The van der Waals surface area contributed by atoms with Crippen molar-refractivity contribution in [1.29, 1.82) is 5.26 Å². The lowest BCUT2D eigenvalue weighted by Gasteiger charge is -2.33. The van der Waals surface area contributed by atoms with E-state index in [0.717, 1.165) is 30.8 Å². The molecule has 23 heavy (non-hydrogen) atoms. The van der Waals surface area contributed by atoms with Crippen LogP contribution in [0.15, 0.2) is 30.3 Å². The Morgan fingerprint density at radius 1 is 1.35 bits per heavy atom. The molecule has 0 radical (unpaired) electrons. The van der Waals surface area contributed by atoms with Crippen LogP contribution >= 0.6 is 0 Å². The van der Waals surface area contributed by atoms with Crippen LogP contribution in [0.3, 0.4) is 0 Å². The van der Waals surface area contributed by atoms with Crippen LogP contribution in [0.1, 0.15) is 46.2 Å². The lowest BCUT2D eigenvalue weighted by Crippen LogP contribution is -2.41. The Kier molecular flexibility index (Phi) is 4.16. The van der Waals surface area contributed by atoms with Crippen molar-refractivity contribution in [2.75, 3.05) is 13.1 Å². The van der Waals surface area contributed by atoms with Gasteiger partial charge < -0.3 is 4.90 Å². The number of rotatable bonds is 2. The average molecular weight is 308 g/mol. The molecule has 0 aliphatic carbocycles. The molecule has 2 heterocycles. The summed E-state index contributed by atoms with van der Waals surface area (Å²) in [5.41, 5.74) is 3.24. The van der Waals surface area contributed by atoms with Crippen molar-refractivity contribution in [1.82, 2.24) is 14.7 Å². The number of piperidine rings is 1. The van der Waals surface area contributed by atoms with Gasteiger partial charge in [0.1, 0.15) is 0 Å². The topological polar surface area (TPSA) is 61.9 Å². The van der Waals surface area contributed by atoms with E-state index in [-0.39, 0.29) is 11.9 Å². The number of nitriles is 1. The molecule has 1 aromatic heterocycles. The fraction of sp³-hybridized carbons (Fsp3) is 0.389. The Hall–Kier alpha value is -2.61. The number of likely N-dealkylation sites (tertiary alicyclic amines) is 1. The van der Waals surface area contributed by atoms with Gasteiger partial charge in [-0.1, -0.05) is 6.07 Å². The van der Waals surface area contributed by atoms with Crippen molar-refractivity contribution in [3.63, 3.8) is 0 Å². The summed E-state index contributed by atoms with van der Waals surface area (Å²) >= 11 is 0. The molecule has 0 N–H and O–H groups in total. The smallest absolute Gasteiger partial charge is 0.253 e. The minimum absolute atomic E-state index is 0.00617. The fourth-order valence-corrected chi connectivity index (χ4v) is 3.26. The first-order chi connectivity index (χ1) is 11.1. The molecule has 1 amide bonds. The first kappa shape index (κ1) is 15.3. The third-order valence-corrected chi connectivity index (χ3v) is 4.31. The third kappa shape index (κ3) is 3.11. The molecule has 1 atom stereocenters. The van der Waals surface area contributed by atoms with Crippen molar-refractivity contribution in [2.24, 2.45) is 0 Å². The van der Waals surface area contributed by atoms with Crippen molar-refractivity contribution < 1.29 is 4.79 Å². The minimum atomic E-state index is -0.00617. The molecule has 2 aromatic rings. The van der Waals surface area contributed by atoms with Crippen LogP contribution < -0.4 is 0 Å². The number of nitrogens with zero attached hydrogens (tertiary/aromatic N) is 4. The predicted octanol–water partition coefficient (Wildman–Crippen LogP) is 2.85. The second kappa shape index (κ2) is 6.25. The van der Waals surface area contributed by atoms with Gasteiger partial charge in [-0.25, -0.2) is 0 Å². The van der Waals surface area contributed by atoms with E-state index in [9.17, 15) is 4.79 Å². The predicted molar refractivity (Wildman–Crippen MR) is 87.0 cm³/mol. The average Bonchev–Trinajstić information content (AvgIpc) is 2.92. The maximum Gasteiger partial charge on any atom is 0.253 e. The van der Waals surface area contributed by atoms with Crippen LogP contribution in [0.25, 0.3) is 0 Å². The van der Waals surface area contributed by atoms with Gasteiger partial charge >= 0.3 is 0 Å². The summed E-state index contributed by atoms with van der Waals surface area (Å²) in [4.78, 5) is 14.6. The number of carbonyl (C=O) groups excluding carboxylic acids is 1. The Bertz CT molecular complexity index is 772. The largest absolute Gasteiger partial charge is 0.337 e. The van der Waals surface area contributed by atoms with E-state index in [1.54, 1.807) is 24.3 Å². The quantitative estimate of drug-likeness (QED) is 0.857. The normalized spacial score (nSPS) is 17.8. The summed E-state index contributed by atoms with van der Waals surface area (Å²) in [6, 6.07) is 11.3. The Morgan fingerprint density at radius 3 is 2.87 bits per heavy atom. The summed E-state index contributed by atoms with van der Waals surface area (Å²) in [6.45, 7) is 5.46. The van der Waals surface area contributed by atoms with Crippen molar-refractivity contribution in [3.05, 3.63) is 52.8 Å². The minimum Gasteiger partial charge on any atom is -0.337 e. The Balaban J connectivity index is 1.79. The van der Waals surface area contributed by atoms with Crippen molar-refractivity contribution in [3.8, 4) is 6.07 Å². The second-order valence-electron chi connectivity index (χ2n) is 6.11. The van der Waals surface area contributed by atoms with Gasteiger partial charge in [0.05, 0.1) is 23.4 Å². The monoisotopic (exact) mass is 308 g/mol. The van der Waals surface area contributed by atoms with Crippen LogP contribution in [-0.4, -0.2) is 33.7 Å². The summed E-state index contributed by atoms with van der Waals surface area (Å²) in [5, 5.41) is 13.6. The molecule has 5 nitrogen and oxygen atoms in total. The molecule has 1 fully saturated rings. The number of carbonyl (C=O) groups is 1. The summed E-state index contributed by atoms with van der Waals surface area (Å²) in [6.07, 6.45) is 2.00. The summed E-state index contributed by atoms with van der Waals surface area (Å²) < 4.78 is 2.04. The van der Waals surface area contributed by atoms with E-state index in [4.69, 9.17) is 5.26 Å². The van der Waals surface area contributed by atoms with Crippen LogP contribution in [0.5, 0.6) is 0 Å². The lowest BCUT2D eigenvalue weighted by atomic mass is 10.0. The highest BCUT2D eigenvalue weighted by Crippen LogP contribution is 2.24. The molecule has 3 rings (SSSR count). The molecule has 0 unspecified atom stereocenters. The van der Waals surface area contributed by atoms with Gasteiger partial charge in [0.2, 0.25) is 0 Å². The van der Waals surface area contributed by atoms with Crippen LogP contribution in [0.2, 0.25) is 0 Å². The first-order valence-electron chi connectivity index (χ1n) is 7.90. The van der Waals surface area contributed by atoms with E-state index in [1.807, 2.05) is 16.5 Å². The summed E-state index contributed by atoms with van der Waals surface area (Å²) in [7, 11) is 0. The number of hydrogen-bond acceptors (Lipinski definition) is 3. The molecule has 5 heteroatoms. The molecule has 0 spiro atoms. The van der Waals surface area contributed by atoms with Gasteiger partial charge in [0.15, 0.2) is 0 Å². The maximum atomic E-state index is 12.7. The van der Waals surface area contributed by atoms with Crippen LogP contribution in [0, 0.1) is 25.2 Å². The first-order valence-corrected chi connectivity index (χ1v) is 7.90. The van der Waals surface area contributed by atoms with E-state index in [1.165, 1.54) is 0 Å². The molecule has 0 bridgehead atoms. The van der Waals surface area contributed by atoms with E-state index >= 15 is 0 Å². The van der Waals surface area contributed by atoms with E-state index in [2.05, 4.69) is 24.2 Å². The van der Waals surface area contributed by atoms with Crippen LogP contribution in [-0.2, 0) is 0 Å². The molecule has 1 aromatic carbocycles. The van der Waals surface area contributed by atoms with Gasteiger partial charge in [-0.05, 0) is 51.0 Å². The zero-order chi connectivity index (χ0) is 16.4. The number of benzene rings is 1. The zero-order valence-corrected chi connectivity index (χ0v) is 13.5. The summed E-state index contributed by atoms with van der Waals surface area (Å²) in [5.74, 6) is -0.00617. The highest BCUT2D eigenvalue weighted by molar-refractivity contribution is 5.94. The molecular weight excluding hydrogens is 288 g/mol. The molecule has 1 aliphatic heterocycles. The van der Waals surface area contributed by atoms with Crippen molar-refractivity contribution >= 4 is 5.91 Å².